The van der Waals surface area contributed by atoms with E-state index in [-0.39, 0.29) is 0 Å². The average molecular weight is 272 g/mol. The molecule has 2 aliphatic rings. The minimum atomic E-state index is 0.439. The first-order valence-corrected chi connectivity index (χ1v) is 8.25. The van der Waals surface area contributed by atoms with Crippen molar-refractivity contribution in [3.05, 3.63) is 29.8 Å². The number of benzene rings is 1. The molecule has 1 saturated carbocycles. The summed E-state index contributed by atoms with van der Waals surface area (Å²) in [7, 11) is 2.02. The maximum absolute atomic E-state index is 3.30. The number of hydrogen-bond acceptors (Lipinski definition) is 2. The van der Waals surface area contributed by atoms with Crippen LogP contribution in [0.25, 0.3) is 0 Å². The molecule has 1 heterocycles. The van der Waals surface area contributed by atoms with Gasteiger partial charge in [-0.25, -0.2) is 0 Å². The van der Waals surface area contributed by atoms with Crippen LogP contribution in [0.5, 0.6) is 0 Å². The zero-order valence-corrected chi connectivity index (χ0v) is 13.0. The number of anilines is 1. The minimum Gasteiger partial charge on any atom is -0.370 e. The predicted molar refractivity (Wildman–Crippen MR) is 86.3 cm³/mol. The lowest BCUT2D eigenvalue weighted by Gasteiger charge is -2.51. The lowest BCUT2D eigenvalue weighted by Crippen LogP contribution is -2.56. The summed E-state index contributed by atoms with van der Waals surface area (Å²) in [5, 5.41) is 3.30. The van der Waals surface area contributed by atoms with E-state index in [1.165, 1.54) is 62.9 Å². The Bertz CT molecular complexity index is 421. The molecular formula is C18H28N2. The van der Waals surface area contributed by atoms with Crippen LogP contribution in [0, 0.1) is 5.41 Å². The Morgan fingerprint density at radius 1 is 1.00 bits per heavy atom. The third-order valence-electron chi connectivity index (χ3n) is 5.41. The Morgan fingerprint density at radius 3 is 2.15 bits per heavy atom. The maximum atomic E-state index is 3.30. The van der Waals surface area contributed by atoms with Gasteiger partial charge < -0.3 is 10.2 Å². The van der Waals surface area contributed by atoms with Crippen molar-refractivity contribution >= 4 is 5.69 Å². The van der Waals surface area contributed by atoms with Crippen LogP contribution in [-0.2, 0) is 0 Å². The van der Waals surface area contributed by atoms with Gasteiger partial charge in [0.1, 0.15) is 0 Å². The first-order chi connectivity index (χ1) is 9.72. The lowest BCUT2D eigenvalue weighted by atomic mass is 9.73. The Morgan fingerprint density at radius 2 is 1.60 bits per heavy atom. The van der Waals surface area contributed by atoms with Gasteiger partial charge >= 0.3 is 0 Å². The second kappa shape index (κ2) is 5.77. The van der Waals surface area contributed by atoms with Crippen LogP contribution in [0.3, 0.4) is 0 Å². The molecule has 1 aliphatic carbocycles. The van der Waals surface area contributed by atoms with E-state index >= 15 is 0 Å². The molecule has 1 atom stereocenters. The van der Waals surface area contributed by atoms with E-state index in [1.54, 1.807) is 0 Å². The summed E-state index contributed by atoms with van der Waals surface area (Å²) in [5.41, 5.74) is 3.45. The average Bonchev–Trinajstić information content (AvgIpc) is 2.71. The van der Waals surface area contributed by atoms with Crippen LogP contribution in [0.2, 0.25) is 0 Å². The van der Waals surface area contributed by atoms with Crippen LogP contribution < -0.4 is 10.2 Å². The standard InChI is InChI=1S/C18H28N2/c1-15(19-2)16-7-9-17(10-8-16)20-13-18(14-20)11-5-3-4-6-12-18/h7-10,15,19H,3-6,11-14H2,1-2H3. The molecule has 1 aromatic carbocycles. The predicted octanol–water partition coefficient (Wildman–Crippen LogP) is 4.13. The van der Waals surface area contributed by atoms with Crippen molar-refractivity contribution in [3.8, 4) is 0 Å². The van der Waals surface area contributed by atoms with Gasteiger partial charge in [0.25, 0.3) is 0 Å². The van der Waals surface area contributed by atoms with Crippen molar-refractivity contribution in [1.82, 2.24) is 5.32 Å². The van der Waals surface area contributed by atoms with Crippen molar-refractivity contribution in [2.45, 2.75) is 51.5 Å². The molecule has 2 heteroatoms. The van der Waals surface area contributed by atoms with Crippen molar-refractivity contribution in [2.24, 2.45) is 5.41 Å². The molecular weight excluding hydrogens is 244 g/mol. The zero-order chi connectivity index (χ0) is 14.0. The fraction of sp³-hybridized carbons (Fsp3) is 0.667. The number of hydrogen-bond donors (Lipinski definition) is 1. The highest BCUT2D eigenvalue weighted by Gasteiger charge is 2.42. The summed E-state index contributed by atoms with van der Waals surface area (Å²) in [6, 6.07) is 9.58. The van der Waals surface area contributed by atoms with Gasteiger partial charge in [-0.15, -0.1) is 0 Å². The summed E-state index contributed by atoms with van der Waals surface area (Å²) in [6.45, 7) is 4.78. The molecule has 1 aliphatic heterocycles. The highest BCUT2D eigenvalue weighted by molar-refractivity contribution is 5.51. The Hall–Kier alpha value is -1.02. The summed E-state index contributed by atoms with van der Waals surface area (Å²) in [4.78, 5) is 2.57. The molecule has 20 heavy (non-hydrogen) atoms. The van der Waals surface area contributed by atoms with Crippen molar-refractivity contribution in [2.75, 3.05) is 25.0 Å². The normalized spacial score (nSPS) is 23.2. The molecule has 1 saturated heterocycles. The number of rotatable bonds is 3. The van der Waals surface area contributed by atoms with Crippen molar-refractivity contribution in [1.29, 1.82) is 0 Å². The van der Waals surface area contributed by atoms with Crippen LogP contribution in [0.1, 0.15) is 57.1 Å². The molecule has 110 valence electrons. The van der Waals surface area contributed by atoms with E-state index in [1.807, 2.05) is 7.05 Å². The van der Waals surface area contributed by atoms with E-state index in [0.29, 0.717) is 11.5 Å². The maximum Gasteiger partial charge on any atom is 0.0366 e. The molecule has 0 amide bonds. The van der Waals surface area contributed by atoms with E-state index in [0.717, 1.165) is 0 Å². The van der Waals surface area contributed by atoms with E-state index in [9.17, 15) is 0 Å². The number of nitrogens with zero attached hydrogens (tertiary/aromatic N) is 1. The molecule has 0 radical (unpaired) electrons. The Balaban J connectivity index is 1.61. The lowest BCUT2D eigenvalue weighted by molar-refractivity contribution is 0.180. The fourth-order valence-corrected chi connectivity index (χ4v) is 3.88. The molecule has 2 fully saturated rings. The van der Waals surface area contributed by atoms with Gasteiger partial charge in [-0.2, -0.15) is 0 Å². The first kappa shape index (κ1) is 13.9. The van der Waals surface area contributed by atoms with Gasteiger partial charge in [0.2, 0.25) is 0 Å². The SMILES string of the molecule is CNC(C)c1ccc(N2CC3(CCCCCC3)C2)cc1. The summed E-state index contributed by atoms with van der Waals surface area (Å²) >= 11 is 0. The van der Waals surface area contributed by atoms with Crippen LogP contribution >= 0.6 is 0 Å². The molecule has 1 aromatic rings. The van der Waals surface area contributed by atoms with Gasteiger partial charge in [0, 0.05) is 30.2 Å². The topological polar surface area (TPSA) is 15.3 Å². The molecule has 1 spiro atoms. The molecule has 2 nitrogen and oxygen atoms in total. The van der Waals surface area contributed by atoms with Gasteiger partial charge in [-0.05, 0) is 44.5 Å². The first-order valence-electron chi connectivity index (χ1n) is 8.25. The van der Waals surface area contributed by atoms with Crippen molar-refractivity contribution < 1.29 is 0 Å². The second-order valence-corrected chi connectivity index (χ2v) is 6.87. The molecule has 1 unspecified atom stereocenters. The molecule has 1 N–H and O–H groups in total. The second-order valence-electron chi connectivity index (χ2n) is 6.87. The molecule has 0 aromatic heterocycles. The van der Waals surface area contributed by atoms with Crippen LogP contribution in [0.15, 0.2) is 24.3 Å². The van der Waals surface area contributed by atoms with Gasteiger partial charge in [0.15, 0.2) is 0 Å². The van der Waals surface area contributed by atoms with Crippen LogP contribution in [-0.4, -0.2) is 20.1 Å². The van der Waals surface area contributed by atoms with Gasteiger partial charge in [0.05, 0.1) is 0 Å². The monoisotopic (exact) mass is 272 g/mol. The molecule has 3 rings (SSSR count). The Kier molecular flexibility index (Phi) is 4.02. The summed E-state index contributed by atoms with van der Waals surface area (Å²) < 4.78 is 0. The van der Waals surface area contributed by atoms with E-state index in [4.69, 9.17) is 0 Å². The highest BCUT2D eigenvalue weighted by atomic mass is 15.2. The minimum absolute atomic E-state index is 0.439. The zero-order valence-electron chi connectivity index (χ0n) is 13.0. The third kappa shape index (κ3) is 2.71. The smallest absolute Gasteiger partial charge is 0.0366 e. The fourth-order valence-electron chi connectivity index (χ4n) is 3.88. The summed E-state index contributed by atoms with van der Waals surface area (Å²) in [6.07, 6.45) is 8.73. The number of nitrogens with one attached hydrogen (secondary N) is 1. The molecule has 0 bridgehead atoms. The quantitative estimate of drug-likeness (QED) is 0.890. The highest BCUT2D eigenvalue weighted by Crippen LogP contribution is 2.44. The van der Waals surface area contributed by atoms with E-state index < -0.39 is 0 Å². The third-order valence-corrected chi connectivity index (χ3v) is 5.41. The summed E-state index contributed by atoms with van der Waals surface area (Å²) in [5.74, 6) is 0. The van der Waals surface area contributed by atoms with E-state index in [2.05, 4.69) is 41.4 Å². The largest absolute Gasteiger partial charge is 0.370 e. The Labute approximate surface area is 123 Å². The van der Waals surface area contributed by atoms with Gasteiger partial charge in [-0.1, -0.05) is 37.8 Å². The van der Waals surface area contributed by atoms with Crippen LogP contribution in [0.4, 0.5) is 5.69 Å². The van der Waals surface area contributed by atoms with Crippen molar-refractivity contribution in [3.63, 3.8) is 0 Å². The van der Waals surface area contributed by atoms with Gasteiger partial charge in [-0.3, -0.25) is 0 Å².